The number of nitrogens with two attached hydrogens (primary N) is 2. The summed E-state index contributed by atoms with van der Waals surface area (Å²) in [6.45, 7) is 4.79. The van der Waals surface area contributed by atoms with Crippen molar-refractivity contribution in [1.29, 1.82) is 0 Å². The highest BCUT2D eigenvalue weighted by Crippen LogP contribution is 2.33. The van der Waals surface area contributed by atoms with Crippen molar-refractivity contribution < 1.29 is 23.9 Å². The number of benzene rings is 1. The number of aliphatic imine (C=N–C) groups is 2. The van der Waals surface area contributed by atoms with Crippen LogP contribution in [0.15, 0.2) is 40.3 Å². The van der Waals surface area contributed by atoms with Crippen LogP contribution in [-0.4, -0.2) is 79.6 Å². The maximum atomic E-state index is 13.0. The first-order valence-corrected chi connectivity index (χ1v) is 16.3. The Morgan fingerprint density at radius 2 is 1.59 bits per heavy atom. The summed E-state index contributed by atoms with van der Waals surface area (Å²) in [7, 11) is 6.31. The van der Waals surface area contributed by atoms with Gasteiger partial charge in [0.25, 0.3) is 0 Å². The lowest BCUT2D eigenvalue weighted by atomic mass is 9.76. The first-order chi connectivity index (χ1) is 19.6. The van der Waals surface area contributed by atoms with E-state index < -0.39 is 18.1 Å². The van der Waals surface area contributed by atoms with Crippen molar-refractivity contribution in [2.45, 2.75) is 52.0 Å². The van der Waals surface area contributed by atoms with Crippen LogP contribution in [0.4, 0.5) is 4.79 Å². The summed E-state index contributed by atoms with van der Waals surface area (Å²) in [5.41, 5.74) is 12.1. The Morgan fingerprint density at radius 3 is 2.17 bits per heavy atom. The highest BCUT2D eigenvalue weighted by atomic mass is 33.1. The summed E-state index contributed by atoms with van der Waals surface area (Å²) < 4.78 is 10.5. The summed E-state index contributed by atoms with van der Waals surface area (Å²) in [6, 6.07) is 8.87. The summed E-state index contributed by atoms with van der Waals surface area (Å²) in [6.07, 6.45) is 3.31. The molecule has 0 aromatic heterocycles. The number of carbonyl (C=O) groups is 3. The number of rotatable bonds is 13. The monoisotopic (exact) mass is 608 g/mol. The lowest BCUT2D eigenvalue weighted by molar-refractivity contribution is -0.147. The van der Waals surface area contributed by atoms with Gasteiger partial charge >= 0.3 is 12.1 Å². The fourth-order valence-corrected chi connectivity index (χ4v) is 5.96. The molecule has 228 valence electrons. The number of guanidine groups is 2. The van der Waals surface area contributed by atoms with E-state index in [0.717, 1.165) is 31.2 Å². The Bertz CT molecular complexity index is 1030. The zero-order valence-corrected chi connectivity index (χ0v) is 26.0. The fourth-order valence-electron chi connectivity index (χ4n) is 4.31. The molecule has 0 spiro atoms. The zero-order chi connectivity index (χ0) is 30.2. The third-order valence-electron chi connectivity index (χ3n) is 6.75. The van der Waals surface area contributed by atoms with Crippen LogP contribution in [0.25, 0.3) is 0 Å². The largest absolute Gasteiger partial charge is 0.463 e. The van der Waals surface area contributed by atoms with Crippen LogP contribution in [0.3, 0.4) is 0 Å². The molecule has 1 atom stereocenters. The highest BCUT2D eigenvalue weighted by Gasteiger charge is 2.31. The lowest BCUT2D eigenvalue weighted by Crippen LogP contribution is -2.46. The molecule has 1 aromatic rings. The second-order valence-corrected chi connectivity index (χ2v) is 13.1. The molecule has 1 aliphatic carbocycles. The van der Waals surface area contributed by atoms with Crippen molar-refractivity contribution >= 4 is 51.5 Å². The molecule has 41 heavy (non-hydrogen) atoms. The van der Waals surface area contributed by atoms with Crippen molar-refractivity contribution in [3.05, 3.63) is 35.9 Å². The Kier molecular flexibility index (Phi) is 15.5. The summed E-state index contributed by atoms with van der Waals surface area (Å²) in [5.74, 6) is 1.59. The molecule has 0 radical (unpaired) electrons. The van der Waals surface area contributed by atoms with Gasteiger partial charge in [0, 0.05) is 37.9 Å². The van der Waals surface area contributed by atoms with Crippen LogP contribution in [0, 0.1) is 17.8 Å². The number of hydrogen-bond donors (Lipinski definition) is 3. The van der Waals surface area contributed by atoms with Crippen LogP contribution >= 0.6 is 21.6 Å². The van der Waals surface area contributed by atoms with Gasteiger partial charge in [0.2, 0.25) is 11.9 Å². The van der Waals surface area contributed by atoms with Crippen LogP contribution in [0.2, 0.25) is 0 Å². The predicted molar refractivity (Wildman–Crippen MR) is 167 cm³/mol. The number of nitrogens with one attached hydrogen (secondary N) is 1. The van der Waals surface area contributed by atoms with Crippen molar-refractivity contribution in [3.8, 4) is 0 Å². The molecule has 1 unspecified atom stereocenters. The molecule has 1 saturated carbocycles. The van der Waals surface area contributed by atoms with Gasteiger partial charge in [-0.1, -0.05) is 65.8 Å². The molecule has 0 bridgehead atoms. The molecule has 0 heterocycles. The third-order valence-corrected chi connectivity index (χ3v) is 9.08. The van der Waals surface area contributed by atoms with Crippen molar-refractivity contribution in [2.75, 3.05) is 38.8 Å². The minimum Gasteiger partial charge on any atom is -0.463 e. The molecule has 2 amide bonds. The molecule has 11 nitrogen and oxygen atoms in total. The molecule has 0 saturated heterocycles. The van der Waals surface area contributed by atoms with Gasteiger partial charge in [-0.3, -0.25) is 4.79 Å². The Balaban J connectivity index is 1.73. The van der Waals surface area contributed by atoms with E-state index in [9.17, 15) is 14.4 Å². The van der Waals surface area contributed by atoms with Crippen molar-refractivity contribution in [2.24, 2.45) is 39.2 Å². The topological polar surface area (TPSA) is 162 Å². The fraction of sp³-hybridized carbons (Fsp3) is 0.607. The quantitative estimate of drug-likeness (QED) is 0.0994. The first-order valence-electron chi connectivity index (χ1n) is 13.8. The van der Waals surface area contributed by atoms with Gasteiger partial charge in [0.05, 0.1) is 0 Å². The molecular formula is C28H44N6O5S2. The van der Waals surface area contributed by atoms with Crippen LogP contribution in [0.1, 0.15) is 45.1 Å². The van der Waals surface area contributed by atoms with Gasteiger partial charge in [0.1, 0.15) is 19.3 Å². The number of carbonyl (C=O) groups excluding carboxylic acids is 3. The van der Waals surface area contributed by atoms with E-state index in [-0.39, 0.29) is 37.0 Å². The smallest absolute Gasteiger partial charge is 0.436 e. The molecule has 5 N–H and O–H groups in total. The van der Waals surface area contributed by atoms with Crippen LogP contribution in [0.5, 0.6) is 0 Å². The molecular weight excluding hydrogens is 564 g/mol. The van der Waals surface area contributed by atoms with Gasteiger partial charge in [0.15, 0.2) is 5.96 Å². The Hall–Kier alpha value is -2.93. The number of nitrogens with zero attached hydrogens (tertiary/aromatic N) is 3. The first kappa shape index (κ1) is 34.3. The minimum atomic E-state index is -0.850. The normalized spacial score (nSPS) is 18.5. The zero-order valence-electron chi connectivity index (χ0n) is 24.4. The molecule has 1 aromatic carbocycles. The van der Waals surface area contributed by atoms with Crippen LogP contribution in [-0.2, 0) is 25.5 Å². The minimum absolute atomic E-state index is 0.0661. The van der Waals surface area contributed by atoms with E-state index in [0.29, 0.717) is 29.8 Å². The van der Waals surface area contributed by atoms with Gasteiger partial charge in [-0.05, 0) is 43.1 Å². The predicted octanol–water partition coefficient (Wildman–Crippen LogP) is 3.43. The SMILES string of the molecule is CC(C)C1CCC(C(=O)NC(Cc2ccccc2)C(=O)OCCSSCCOC(=O)/N=C(N)/N=C(\N)N(C)C)CC1. The molecule has 13 heteroatoms. The van der Waals surface area contributed by atoms with Gasteiger partial charge in [-0.2, -0.15) is 4.99 Å². The third kappa shape index (κ3) is 13.5. The summed E-state index contributed by atoms with van der Waals surface area (Å²) in [4.78, 5) is 46.5. The Morgan fingerprint density at radius 1 is 0.976 bits per heavy atom. The average molecular weight is 609 g/mol. The second kappa shape index (κ2) is 18.5. The summed E-state index contributed by atoms with van der Waals surface area (Å²) in [5, 5.41) is 2.98. The van der Waals surface area contributed by atoms with Crippen molar-refractivity contribution in [3.63, 3.8) is 0 Å². The maximum Gasteiger partial charge on any atom is 0.436 e. The highest BCUT2D eigenvalue weighted by molar-refractivity contribution is 8.76. The van der Waals surface area contributed by atoms with E-state index in [1.807, 2.05) is 30.3 Å². The van der Waals surface area contributed by atoms with Gasteiger partial charge in [-0.15, -0.1) is 4.99 Å². The Labute approximate surface area is 251 Å². The van der Waals surface area contributed by atoms with E-state index in [1.165, 1.54) is 26.5 Å². The number of ether oxygens (including phenoxy) is 2. The molecule has 1 fully saturated rings. The standard InChI is InChI=1S/C28H44N6O5S2/c1-19(2)21-10-12-22(13-11-21)24(35)31-23(18-20-8-6-5-7-9-20)25(36)38-14-16-40-41-17-15-39-28(37)33-26(29)32-27(30)34(3)4/h5-9,19,21-23H,10-18H2,1-4H3,(H,31,35)(H4,29,30,32,33,37). The van der Waals surface area contributed by atoms with E-state index in [4.69, 9.17) is 20.9 Å². The summed E-state index contributed by atoms with van der Waals surface area (Å²) >= 11 is 0. The molecule has 0 aliphatic heterocycles. The molecule has 1 aliphatic rings. The van der Waals surface area contributed by atoms with E-state index in [2.05, 4.69) is 29.1 Å². The average Bonchev–Trinajstić information content (AvgIpc) is 2.94. The number of esters is 1. The van der Waals surface area contributed by atoms with E-state index >= 15 is 0 Å². The lowest BCUT2D eigenvalue weighted by Gasteiger charge is -2.31. The maximum absolute atomic E-state index is 13.0. The number of amides is 2. The molecule has 2 rings (SSSR count). The van der Waals surface area contributed by atoms with Gasteiger partial charge < -0.3 is 31.2 Å². The van der Waals surface area contributed by atoms with Crippen LogP contribution < -0.4 is 16.8 Å². The van der Waals surface area contributed by atoms with Crippen molar-refractivity contribution in [1.82, 2.24) is 10.2 Å². The van der Waals surface area contributed by atoms with Gasteiger partial charge in [-0.25, -0.2) is 9.59 Å². The number of hydrogen-bond acceptors (Lipinski definition) is 7. The van der Waals surface area contributed by atoms with E-state index in [1.54, 1.807) is 14.1 Å². The second-order valence-electron chi connectivity index (χ2n) is 10.4.